The Kier molecular flexibility index (Phi) is 3.87. The SMILES string of the molecule is Cc1cccc(-n2nc(C)nc2C2CCCCN2C(=O)C2CC2)c1. The number of nitrogens with zero attached hydrogens (tertiary/aromatic N) is 4. The van der Waals surface area contributed by atoms with Crippen molar-refractivity contribution >= 4 is 5.91 Å². The highest BCUT2D eigenvalue weighted by molar-refractivity contribution is 5.81. The van der Waals surface area contributed by atoms with Crippen molar-refractivity contribution in [2.45, 2.75) is 52.0 Å². The average Bonchev–Trinajstić information content (AvgIpc) is 3.36. The van der Waals surface area contributed by atoms with E-state index in [2.05, 4.69) is 35.1 Å². The Hall–Kier alpha value is -2.17. The van der Waals surface area contributed by atoms with Crippen LogP contribution in [0.15, 0.2) is 24.3 Å². The summed E-state index contributed by atoms with van der Waals surface area (Å²) in [7, 11) is 0. The van der Waals surface area contributed by atoms with E-state index in [1.807, 2.05) is 17.7 Å². The molecule has 1 aromatic heterocycles. The number of aromatic nitrogens is 3. The summed E-state index contributed by atoms with van der Waals surface area (Å²) in [6.07, 6.45) is 5.30. The van der Waals surface area contributed by atoms with Crippen LogP contribution in [0.1, 0.15) is 55.4 Å². The molecule has 5 nitrogen and oxygen atoms in total. The number of amides is 1. The zero-order chi connectivity index (χ0) is 16.7. The maximum atomic E-state index is 12.7. The minimum atomic E-state index is 0.0496. The van der Waals surface area contributed by atoms with Crippen LogP contribution in [0, 0.1) is 19.8 Å². The molecular formula is C19H24N4O. The van der Waals surface area contributed by atoms with Crippen molar-refractivity contribution in [1.82, 2.24) is 19.7 Å². The highest BCUT2D eigenvalue weighted by Gasteiger charge is 2.39. The first-order chi connectivity index (χ1) is 11.6. The van der Waals surface area contributed by atoms with Crippen LogP contribution in [-0.4, -0.2) is 32.1 Å². The standard InChI is InChI=1S/C19H24N4O/c1-13-6-5-7-16(12-13)23-18(20-14(2)21-23)17-8-3-4-11-22(17)19(24)15-9-10-15/h5-7,12,15,17H,3-4,8-11H2,1-2H3. The van der Waals surface area contributed by atoms with Gasteiger partial charge in [0.15, 0.2) is 5.82 Å². The second-order valence-corrected chi connectivity index (χ2v) is 7.09. The van der Waals surface area contributed by atoms with Crippen molar-refractivity contribution in [3.8, 4) is 5.69 Å². The zero-order valence-electron chi connectivity index (χ0n) is 14.4. The molecule has 5 heteroatoms. The maximum Gasteiger partial charge on any atom is 0.226 e. The summed E-state index contributed by atoms with van der Waals surface area (Å²) in [6.45, 7) is 4.85. The number of rotatable bonds is 3. The summed E-state index contributed by atoms with van der Waals surface area (Å²) in [6, 6.07) is 8.35. The second kappa shape index (κ2) is 6.04. The van der Waals surface area contributed by atoms with Gasteiger partial charge < -0.3 is 4.90 Å². The lowest BCUT2D eigenvalue weighted by molar-refractivity contribution is -0.136. The van der Waals surface area contributed by atoms with Crippen molar-refractivity contribution < 1.29 is 4.79 Å². The number of aryl methyl sites for hydroxylation is 2. The van der Waals surface area contributed by atoms with Gasteiger partial charge in [0.05, 0.1) is 11.7 Å². The van der Waals surface area contributed by atoms with E-state index in [9.17, 15) is 4.79 Å². The van der Waals surface area contributed by atoms with Crippen LogP contribution in [0.3, 0.4) is 0 Å². The molecule has 2 heterocycles. The van der Waals surface area contributed by atoms with Gasteiger partial charge in [0.25, 0.3) is 0 Å². The molecular weight excluding hydrogens is 300 g/mol. The molecule has 1 aliphatic heterocycles. The lowest BCUT2D eigenvalue weighted by Crippen LogP contribution is -2.40. The zero-order valence-corrected chi connectivity index (χ0v) is 14.4. The van der Waals surface area contributed by atoms with E-state index < -0.39 is 0 Å². The third kappa shape index (κ3) is 2.83. The minimum Gasteiger partial charge on any atom is -0.332 e. The van der Waals surface area contributed by atoms with Gasteiger partial charge in [0.2, 0.25) is 5.91 Å². The van der Waals surface area contributed by atoms with E-state index in [0.717, 1.165) is 56.0 Å². The third-order valence-electron chi connectivity index (χ3n) is 4.99. The van der Waals surface area contributed by atoms with Crippen LogP contribution in [0.25, 0.3) is 5.69 Å². The third-order valence-corrected chi connectivity index (χ3v) is 4.99. The summed E-state index contributed by atoms with van der Waals surface area (Å²) < 4.78 is 1.94. The van der Waals surface area contributed by atoms with E-state index >= 15 is 0 Å². The molecule has 1 aliphatic carbocycles. The van der Waals surface area contributed by atoms with Gasteiger partial charge in [-0.3, -0.25) is 4.79 Å². The minimum absolute atomic E-state index is 0.0496. The summed E-state index contributed by atoms with van der Waals surface area (Å²) in [5.74, 6) is 2.24. The Morgan fingerprint density at radius 2 is 2.00 bits per heavy atom. The predicted octanol–water partition coefficient (Wildman–Crippen LogP) is 3.35. The molecule has 0 bridgehead atoms. The average molecular weight is 324 g/mol. The van der Waals surface area contributed by atoms with E-state index in [-0.39, 0.29) is 12.0 Å². The summed E-state index contributed by atoms with van der Waals surface area (Å²) in [4.78, 5) is 19.5. The normalized spacial score (nSPS) is 21.1. The van der Waals surface area contributed by atoms with Gasteiger partial charge in [-0.15, -0.1) is 0 Å². The molecule has 0 N–H and O–H groups in total. The van der Waals surface area contributed by atoms with Crippen LogP contribution in [0.4, 0.5) is 0 Å². The van der Waals surface area contributed by atoms with Crippen molar-refractivity contribution in [2.24, 2.45) is 5.92 Å². The largest absolute Gasteiger partial charge is 0.332 e. The number of hydrogen-bond donors (Lipinski definition) is 0. The topological polar surface area (TPSA) is 51.0 Å². The number of benzene rings is 1. The van der Waals surface area contributed by atoms with E-state index in [0.29, 0.717) is 5.91 Å². The molecule has 4 rings (SSSR count). The van der Waals surface area contributed by atoms with Gasteiger partial charge >= 0.3 is 0 Å². The number of carbonyl (C=O) groups excluding carboxylic acids is 1. The summed E-state index contributed by atoms with van der Waals surface area (Å²) in [5.41, 5.74) is 2.22. The molecule has 2 aromatic rings. The quantitative estimate of drug-likeness (QED) is 0.870. The van der Waals surface area contributed by atoms with Gasteiger partial charge in [-0.05, 0) is 63.6 Å². The first-order valence-electron chi connectivity index (χ1n) is 8.94. The van der Waals surface area contributed by atoms with Crippen molar-refractivity contribution in [1.29, 1.82) is 0 Å². The molecule has 1 saturated carbocycles. The Labute approximate surface area is 142 Å². The van der Waals surface area contributed by atoms with Gasteiger partial charge in [0.1, 0.15) is 5.82 Å². The van der Waals surface area contributed by atoms with Crippen LogP contribution in [0.5, 0.6) is 0 Å². The highest BCUT2D eigenvalue weighted by Crippen LogP contribution is 2.37. The fourth-order valence-electron chi connectivity index (χ4n) is 3.63. The number of likely N-dealkylation sites (tertiary alicyclic amines) is 1. The molecule has 1 unspecified atom stereocenters. The molecule has 1 atom stereocenters. The van der Waals surface area contributed by atoms with Gasteiger partial charge in [-0.2, -0.15) is 5.10 Å². The first-order valence-corrected chi connectivity index (χ1v) is 8.94. The van der Waals surface area contributed by atoms with E-state index in [4.69, 9.17) is 4.98 Å². The molecule has 1 amide bonds. The first kappa shape index (κ1) is 15.4. The van der Waals surface area contributed by atoms with E-state index in [1.54, 1.807) is 0 Å². The smallest absolute Gasteiger partial charge is 0.226 e. The molecule has 2 aliphatic rings. The Morgan fingerprint density at radius 1 is 1.17 bits per heavy atom. The van der Waals surface area contributed by atoms with Gasteiger partial charge in [-0.25, -0.2) is 9.67 Å². The molecule has 0 spiro atoms. The fourth-order valence-corrected chi connectivity index (χ4v) is 3.63. The molecule has 24 heavy (non-hydrogen) atoms. The van der Waals surface area contributed by atoms with Gasteiger partial charge in [-0.1, -0.05) is 12.1 Å². The molecule has 0 radical (unpaired) electrons. The highest BCUT2D eigenvalue weighted by atomic mass is 16.2. The number of hydrogen-bond acceptors (Lipinski definition) is 3. The van der Waals surface area contributed by atoms with E-state index in [1.165, 1.54) is 5.56 Å². The molecule has 1 saturated heterocycles. The van der Waals surface area contributed by atoms with Crippen molar-refractivity contribution in [3.05, 3.63) is 41.5 Å². The van der Waals surface area contributed by atoms with Crippen molar-refractivity contribution in [2.75, 3.05) is 6.54 Å². The lowest BCUT2D eigenvalue weighted by Gasteiger charge is -2.35. The Morgan fingerprint density at radius 3 is 2.75 bits per heavy atom. The molecule has 1 aromatic carbocycles. The summed E-state index contributed by atoms with van der Waals surface area (Å²) in [5, 5.41) is 4.62. The van der Waals surface area contributed by atoms with Crippen LogP contribution in [0.2, 0.25) is 0 Å². The fraction of sp³-hybridized carbons (Fsp3) is 0.526. The summed E-state index contributed by atoms with van der Waals surface area (Å²) >= 11 is 0. The molecule has 126 valence electrons. The Balaban J connectivity index is 1.73. The van der Waals surface area contributed by atoms with Crippen LogP contribution in [-0.2, 0) is 4.79 Å². The Bertz CT molecular complexity index is 762. The van der Waals surface area contributed by atoms with Crippen molar-refractivity contribution in [3.63, 3.8) is 0 Å². The maximum absolute atomic E-state index is 12.7. The number of piperidine rings is 1. The second-order valence-electron chi connectivity index (χ2n) is 7.09. The van der Waals surface area contributed by atoms with Crippen LogP contribution >= 0.6 is 0 Å². The lowest BCUT2D eigenvalue weighted by atomic mass is 10.0. The van der Waals surface area contributed by atoms with Gasteiger partial charge in [0, 0.05) is 12.5 Å². The van der Waals surface area contributed by atoms with Crippen LogP contribution < -0.4 is 0 Å². The monoisotopic (exact) mass is 324 g/mol. The molecule has 2 fully saturated rings. The number of carbonyl (C=O) groups is 1. The predicted molar refractivity (Wildman–Crippen MR) is 91.9 cm³/mol.